The Morgan fingerprint density at radius 2 is 1.82 bits per heavy atom. The van der Waals surface area contributed by atoms with Gasteiger partial charge in [-0.1, -0.05) is 48.5 Å². The van der Waals surface area contributed by atoms with Crippen LogP contribution in [0.4, 0.5) is 0 Å². The highest BCUT2D eigenvalue weighted by Crippen LogP contribution is 2.27. The van der Waals surface area contributed by atoms with Gasteiger partial charge in [-0.3, -0.25) is 4.79 Å². The van der Waals surface area contributed by atoms with Crippen LogP contribution in [0.2, 0.25) is 0 Å². The second-order valence-corrected chi connectivity index (χ2v) is 7.99. The molecule has 0 saturated carbocycles. The first-order chi connectivity index (χ1) is 13.5. The fourth-order valence-corrected chi connectivity index (χ4v) is 4.50. The number of fused-ring (bicyclic) bond motifs is 1. The van der Waals surface area contributed by atoms with Crippen LogP contribution >= 0.6 is 0 Å². The topological polar surface area (TPSA) is 45.5 Å². The lowest BCUT2D eigenvalue weighted by atomic mass is 9.88. The van der Waals surface area contributed by atoms with Gasteiger partial charge in [-0.25, -0.2) is 0 Å². The van der Waals surface area contributed by atoms with Gasteiger partial charge in [0.1, 0.15) is 5.69 Å². The standard InChI is InChI=1S/C24H28N2O2/c1-17-7-6-10-20-16-21(25(2)23(17)20)24(28)26-13-11-19(12-14-26)22(27)15-18-8-4-3-5-9-18/h3-10,16,19,22,27H,11-15H2,1-2H3. The molecule has 4 rings (SSSR count). The molecular formula is C24H28N2O2. The molecule has 0 radical (unpaired) electrons. The Balaban J connectivity index is 1.42. The fraction of sp³-hybridized carbons (Fsp3) is 0.375. The Hall–Kier alpha value is -2.59. The van der Waals surface area contributed by atoms with E-state index < -0.39 is 0 Å². The van der Waals surface area contributed by atoms with E-state index in [4.69, 9.17) is 0 Å². The van der Waals surface area contributed by atoms with Crippen LogP contribution in [0.1, 0.15) is 34.5 Å². The van der Waals surface area contributed by atoms with Gasteiger partial charge in [-0.05, 0) is 49.3 Å². The number of para-hydroxylation sites is 1. The summed E-state index contributed by atoms with van der Waals surface area (Å²) in [6, 6.07) is 18.3. The normalized spacial score (nSPS) is 16.5. The molecule has 1 aliphatic heterocycles. The van der Waals surface area contributed by atoms with E-state index in [-0.39, 0.29) is 17.9 Å². The van der Waals surface area contributed by atoms with Crippen molar-refractivity contribution >= 4 is 16.8 Å². The maximum atomic E-state index is 13.1. The summed E-state index contributed by atoms with van der Waals surface area (Å²) >= 11 is 0. The average molecular weight is 377 g/mol. The minimum absolute atomic E-state index is 0.0918. The van der Waals surface area contributed by atoms with Gasteiger partial charge in [-0.2, -0.15) is 0 Å². The van der Waals surface area contributed by atoms with E-state index in [2.05, 4.69) is 31.2 Å². The summed E-state index contributed by atoms with van der Waals surface area (Å²) in [5, 5.41) is 11.7. The summed E-state index contributed by atoms with van der Waals surface area (Å²) in [7, 11) is 1.97. The summed E-state index contributed by atoms with van der Waals surface area (Å²) in [5.74, 6) is 0.341. The number of likely N-dealkylation sites (tertiary alicyclic amines) is 1. The zero-order chi connectivity index (χ0) is 19.7. The Morgan fingerprint density at radius 3 is 2.50 bits per heavy atom. The Kier molecular flexibility index (Phi) is 5.23. The first-order valence-corrected chi connectivity index (χ1v) is 10.1. The molecule has 3 aromatic rings. The highest BCUT2D eigenvalue weighted by atomic mass is 16.3. The second-order valence-electron chi connectivity index (χ2n) is 7.99. The lowest BCUT2D eigenvalue weighted by Crippen LogP contribution is -2.42. The minimum Gasteiger partial charge on any atom is -0.392 e. The third-order valence-corrected chi connectivity index (χ3v) is 6.14. The number of nitrogens with zero attached hydrogens (tertiary/aromatic N) is 2. The number of aromatic nitrogens is 1. The van der Waals surface area contributed by atoms with Crippen molar-refractivity contribution in [1.29, 1.82) is 0 Å². The zero-order valence-electron chi connectivity index (χ0n) is 16.6. The number of aryl methyl sites for hydroxylation is 2. The second kappa shape index (κ2) is 7.80. The quantitative estimate of drug-likeness (QED) is 0.750. The van der Waals surface area contributed by atoms with Crippen LogP contribution in [-0.2, 0) is 13.5 Å². The summed E-state index contributed by atoms with van der Waals surface area (Å²) in [5.41, 5.74) is 4.22. The van der Waals surface area contributed by atoms with Crippen molar-refractivity contribution in [3.05, 3.63) is 71.4 Å². The molecule has 1 amide bonds. The molecule has 0 aliphatic carbocycles. The number of carbonyl (C=O) groups is 1. The molecule has 1 atom stereocenters. The highest BCUT2D eigenvalue weighted by Gasteiger charge is 2.29. The van der Waals surface area contributed by atoms with Crippen LogP contribution in [0, 0.1) is 12.8 Å². The number of rotatable bonds is 4. The van der Waals surface area contributed by atoms with Gasteiger partial charge in [-0.15, -0.1) is 0 Å². The average Bonchev–Trinajstić information content (AvgIpc) is 3.06. The lowest BCUT2D eigenvalue weighted by Gasteiger charge is -2.34. The third kappa shape index (κ3) is 3.57. The third-order valence-electron chi connectivity index (χ3n) is 6.14. The largest absolute Gasteiger partial charge is 0.392 e. The van der Waals surface area contributed by atoms with Gasteiger partial charge >= 0.3 is 0 Å². The number of aliphatic hydroxyl groups excluding tert-OH is 1. The number of amides is 1. The Morgan fingerprint density at radius 1 is 1.11 bits per heavy atom. The van der Waals surface area contributed by atoms with Crippen LogP contribution in [0.3, 0.4) is 0 Å². The number of piperidine rings is 1. The van der Waals surface area contributed by atoms with Crippen LogP contribution in [0.5, 0.6) is 0 Å². The lowest BCUT2D eigenvalue weighted by molar-refractivity contribution is 0.0462. The Bertz CT molecular complexity index is 969. The smallest absolute Gasteiger partial charge is 0.270 e. The number of carbonyl (C=O) groups excluding carboxylic acids is 1. The molecule has 1 fully saturated rings. The van der Waals surface area contributed by atoms with Gasteiger partial charge in [0.15, 0.2) is 0 Å². The van der Waals surface area contributed by atoms with Gasteiger partial charge in [0, 0.05) is 25.5 Å². The molecular weight excluding hydrogens is 348 g/mol. The van der Waals surface area contributed by atoms with E-state index >= 15 is 0 Å². The molecule has 2 heterocycles. The summed E-state index contributed by atoms with van der Waals surface area (Å²) < 4.78 is 2.02. The van der Waals surface area contributed by atoms with Crippen molar-refractivity contribution in [3.8, 4) is 0 Å². The van der Waals surface area contributed by atoms with E-state index in [9.17, 15) is 9.90 Å². The number of aliphatic hydroxyl groups is 1. The van der Waals surface area contributed by atoms with Crippen LogP contribution < -0.4 is 0 Å². The van der Waals surface area contributed by atoms with E-state index in [1.54, 1.807) is 0 Å². The fourth-order valence-electron chi connectivity index (χ4n) is 4.50. The van der Waals surface area contributed by atoms with Crippen molar-refractivity contribution in [2.24, 2.45) is 13.0 Å². The van der Waals surface area contributed by atoms with Crippen LogP contribution in [0.25, 0.3) is 10.9 Å². The molecule has 0 bridgehead atoms. The molecule has 0 spiro atoms. The van der Waals surface area contributed by atoms with Gasteiger partial charge in [0.05, 0.1) is 11.6 Å². The molecule has 1 aliphatic rings. The maximum Gasteiger partial charge on any atom is 0.270 e. The summed E-state index contributed by atoms with van der Waals surface area (Å²) in [4.78, 5) is 15.1. The van der Waals surface area contributed by atoms with Gasteiger partial charge < -0.3 is 14.6 Å². The van der Waals surface area contributed by atoms with Crippen molar-refractivity contribution < 1.29 is 9.90 Å². The molecule has 146 valence electrons. The van der Waals surface area contributed by atoms with Crippen molar-refractivity contribution in [2.45, 2.75) is 32.3 Å². The molecule has 1 N–H and O–H groups in total. The zero-order valence-corrected chi connectivity index (χ0v) is 16.6. The number of benzene rings is 2. The van der Waals surface area contributed by atoms with E-state index in [0.29, 0.717) is 19.5 Å². The molecule has 1 saturated heterocycles. The van der Waals surface area contributed by atoms with Crippen molar-refractivity contribution in [3.63, 3.8) is 0 Å². The highest BCUT2D eigenvalue weighted by molar-refractivity contribution is 5.99. The SMILES string of the molecule is Cc1cccc2cc(C(=O)N3CCC(C(O)Cc4ccccc4)CC3)n(C)c12. The number of hydrogen-bond donors (Lipinski definition) is 1. The predicted octanol–water partition coefficient (Wildman–Crippen LogP) is 3.94. The molecule has 1 unspecified atom stereocenters. The van der Waals surface area contributed by atoms with Crippen molar-refractivity contribution in [2.75, 3.05) is 13.1 Å². The molecule has 28 heavy (non-hydrogen) atoms. The summed E-state index contributed by atoms with van der Waals surface area (Å²) in [6.45, 7) is 3.49. The molecule has 1 aromatic heterocycles. The number of hydrogen-bond acceptors (Lipinski definition) is 2. The monoisotopic (exact) mass is 376 g/mol. The van der Waals surface area contributed by atoms with Crippen LogP contribution in [0.15, 0.2) is 54.6 Å². The van der Waals surface area contributed by atoms with E-state index in [1.165, 1.54) is 11.1 Å². The minimum atomic E-state index is -0.347. The van der Waals surface area contributed by atoms with Crippen LogP contribution in [-0.4, -0.2) is 39.7 Å². The Labute approximate surface area is 166 Å². The van der Waals surface area contributed by atoms with E-state index in [0.717, 1.165) is 29.4 Å². The predicted molar refractivity (Wildman–Crippen MR) is 112 cm³/mol. The molecule has 4 heteroatoms. The first-order valence-electron chi connectivity index (χ1n) is 10.1. The van der Waals surface area contributed by atoms with Gasteiger partial charge in [0.25, 0.3) is 5.91 Å². The van der Waals surface area contributed by atoms with E-state index in [1.807, 2.05) is 46.8 Å². The van der Waals surface area contributed by atoms with Crippen molar-refractivity contribution in [1.82, 2.24) is 9.47 Å². The van der Waals surface area contributed by atoms with Gasteiger partial charge in [0.2, 0.25) is 0 Å². The molecule has 4 nitrogen and oxygen atoms in total. The summed E-state index contributed by atoms with van der Waals surface area (Å²) in [6.07, 6.45) is 2.04. The first kappa shape index (κ1) is 18.8. The molecule has 2 aromatic carbocycles. The maximum absolute atomic E-state index is 13.1.